The molecule has 0 aromatic heterocycles. The van der Waals surface area contributed by atoms with Gasteiger partial charge in [-0.2, -0.15) is 0 Å². The van der Waals surface area contributed by atoms with Crippen LogP contribution in [0, 0.1) is 23.7 Å². The smallest absolute Gasteiger partial charge is 0.247 e. The number of benzene rings is 2. The Bertz CT molecular complexity index is 1050. The van der Waals surface area contributed by atoms with Crippen molar-refractivity contribution >= 4 is 55.3 Å². The Kier molecular flexibility index (Phi) is 6.07. The third-order valence-corrected chi connectivity index (χ3v) is 10.4. The van der Waals surface area contributed by atoms with E-state index in [4.69, 9.17) is 4.74 Å². The number of alkyl halides is 2. The average molecular weight is 576 g/mol. The third kappa shape index (κ3) is 3.91. The molecule has 1 heterocycles. The molecular weight excluding hydrogens is 552 g/mol. The Morgan fingerprint density at radius 2 is 1.58 bits per heavy atom. The monoisotopic (exact) mass is 574 g/mol. The molecule has 3 aliphatic rings. The van der Waals surface area contributed by atoms with Gasteiger partial charge in [0, 0.05) is 15.3 Å². The van der Waals surface area contributed by atoms with Crippen LogP contribution in [0.3, 0.4) is 0 Å². The molecule has 2 bridgehead atoms. The van der Waals surface area contributed by atoms with Crippen molar-refractivity contribution in [3.8, 4) is 5.75 Å². The van der Waals surface area contributed by atoms with Crippen LogP contribution >= 0.6 is 31.9 Å². The minimum absolute atomic E-state index is 0.129. The van der Waals surface area contributed by atoms with Crippen molar-refractivity contribution in [2.45, 2.75) is 35.6 Å². The number of fused-ring (bicyclic) bond motifs is 5. The average Bonchev–Trinajstić information content (AvgIpc) is 3.43. The highest BCUT2D eigenvalue weighted by Crippen LogP contribution is 2.60. The maximum Gasteiger partial charge on any atom is 0.247 e. The van der Waals surface area contributed by atoms with Crippen molar-refractivity contribution < 1.29 is 19.1 Å². The van der Waals surface area contributed by atoms with Gasteiger partial charge in [-0.25, -0.2) is 0 Å². The normalized spacial score (nSPS) is 30.9. The van der Waals surface area contributed by atoms with Gasteiger partial charge in [-0.05, 0) is 55.0 Å². The van der Waals surface area contributed by atoms with Crippen LogP contribution in [0.1, 0.15) is 18.9 Å². The lowest BCUT2D eigenvalue weighted by atomic mass is 9.81. The second-order valence-electron chi connectivity index (χ2n) is 9.01. The van der Waals surface area contributed by atoms with Gasteiger partial charge < -0.3 is 10.1 Å². The van der Waals surface area contributed by atoms with Gasteiger partial charge in [0.15, 0.2) is 0 Å². The number of imide groups is 1. The van der Waals surface area contributed by atoms with E-state index < -0.39 is 6.04 Å². The molecule has 3 amide bonds. The summed E-state index contributed by atoms with van der Waals surface area (Å²) in [4.78, 5) is 40.7. The summed E-state index contributed by atoms with van der Waals surface area (Å²) in [5.41, 5.74) is 1.65. The molecule has 172 valence electrons. The second kappa shape index (κ2) is 8.87. The Labute approximate surface area is 209 Å². The Balaban J connectivity index is 1.21. The lowest BCUT2D eigenvalue weighted by Crippen LogP contribution is -2.46. The van der Waals surface area contributed by atoms with Crippen molar-refractivity contribution in [2.24, 2.45) is 23.7 Å². The Morgan fingerprint density at radius 3 is 2.15 bits per heavy atom. The lowest BCUT2D eigenvalue weighted by Gasteiger charge is -2.28. The molecule has 1 saturated heterocycles. The summed E-state index contributed by atoms with van der Waals surface area (Å²) in [6.07, 6.45) is 0.867. The van der Waals surface area contributed by atoms with Crippen LogP contribution in [0.15, 0.2) is 54.6 Å². The molecule has 2 aromatic carbocycles. The fourth-order valence-electron chi connectivity index (χ4n) is 5.49. The van der Waals surface area contributed by atoms with Crippen molar-refractivity contribution in [1.29, 1.82) is 0 Å². The van der Waals surface area contributed by atoms with Gasteiger partial charge in [0.25, 0.3) is 0 Å². The van der Waals surface area contributed by atoms with Gasteiger partial charge in [0.1, 0.15) is 18.4 Å². The number of rotatable bonds is 6. The van der Waals surface area contributed by atoms with Crippen LogP contribution in [0.25, 0.3) is 0 Å². The number of carbonyl (C=O) groups excluding carboxylic acids is 3. The molecule has 2 aromatic rings. The van der Waals surface area contributed by atoms with Crippen LogP contribution in [-0.2, 0) is 21.0 Å². The predicted molar refractivity (Wildman–Crippen MR) is 131 cm³/mol. The quantitative estimate of drug-likeness (QED) is 0.410. The minimum Gasteiger partial charge on any atom is -0.489 e. The number of carbonyl (C=O) groups is 3. The second-order valence-corrected chi connectivity index (χ2v) is 11.1. The van der Waals surface area contributed by atoms with Crippen molar-refractivity contribution in [3.63, 3.8) is 0 Å². The number of hydrogen-bond donors (Lipinski definition) is 1. The molecule has 0 radical (unpaired) electrons. The molecule has 1 aliphatic heterocycles. The SMILES string of the molecule is C[C@H](C(=O)Nc1ccc(OCc2ccccc2)cc1)N1C(=O)[C@@H]2[C@H]3C[C@@H]([C@@H](Br)[C@H]3Br)[C@H]2C1=O. The van der Waals surface area contributed by atoms with Gasteiger partial charge in [0.05, 0.1) is 11.8 Å². The molecule has 2 aliphatic carbocycles. The van der Waals surface area contributed by atoms with Crippen LogP contribution in [0.4, 0.5) is 5.69 Å². The summed E-state index contributed by atoms with van der Waals surface area (Å²) in [6, 6.07) is 16.1. The van der Waals surface area contributed by atoms with E-state index in [2.05, 4.69) is 37.2 Å². The first kappa shape index (κ1) is 22.6. The Hall–Kier alpha value is -2.19. The standard InChI is InChI=1S/C25H24Br2N2O4/c1-13(29-24(31)19-17-11-18(20(19)25(29)32)22(27)21(17)26)23(30)28-15-7-9-16(10-8-15)33-12-14-5-3-2-4-6-14/h2-10,13,17-22H,11-12H2,1H3,(H,28,30)/t13-,17-,18-,19-,20-,21-,22+/m1/s1. The first-order chi connectivity index (χ1) is 15.9. The van der Waals surface area contributed by atoms with Gasteiger partial charge in [-0.3, -0.25) is 19.3 Å². The third-order valence-electron chi connectivity index (χ3n) is 7.16. The van der Waals surface area contributed by atoms with E-state index in [9.17, 15) is 14.4 Å². The highest BCUT2D eigenvalue weighted by Gasteiger charge is 2.67. The molecule has 3 fully saturated rings. The van der Waals surface area contributed by atoms with Gasteiger partial charge >= 0.3 is 0 Å². The van der Waals surface area contributed by atoms with E-state index in [-0.39, 0.29) is 51.0 Å². The van der Waals surface area contributed by atoms with Crippen LogP contribution in [0.2, 0.25) is 0 Å². The van der Waals surface area contributed by atoms with Crippen molar-refractivity contribution in [2.75, 3.05) is 5.32 Å². The van der Waals surface area contributed by atoms with Crippen LogP contribution in [-0.4, -0.2) is 38.3 Å². The van der Waals surface area contributed by atoms with E-state index >= 15 is 0 Å². The van der Waals surface area contributed by atoms with Crippen LogP contribution in [0.5, 0.6) is 5.75 Å². The maximum absolute atomic E-state index is 13.1. The topological polar surface area (TPSA) is 75.7 Å². The molecule has 0 unspecified atom stereocenters. The predicted octanol–water partition coefficient (Wildman–Crippen LogP) is 4.37. The summed E-state index contributed by atoms with van der Waals surface area (Å²) in [6.45, 7) is 2.07. The summed E-state index contributed by atoms with van der Waals surface area (Å²) in [7, 11) is 0. The lowest BCUT2D eigenvalue weighted by molar-refractivity contribution is -0.146. The number of amides is 3. The highest BCUT2D eigenvalue weighted by molar-refractivity contribution is 9.12. The van der Waals surface area contributed by atoms with Gasteiger partial charge in [0.2, 0.25) is 17.7 Å². The number of ether oxygens (including phenoxy) is 1. The van der Waals surface area contributed by atoms with Gasteiger partial charge in [-0.1, -0.05) is 62.2 Å². The summed E-state index contributed by atoms with van der Waals surface area (Å²) in [5.74, 6) is -0.509. The zero-order valence-corrected chi connectivity index (χ0v) is 21.2. The molecule has 6 nitrogen and oxygen atoms in total. The van der Waals surface area contributed by atoms with Gasteiger partial charge in [-0.15, -0.1) is 0 Å². The van der Waals surface area contributed by atoms with Crippen molar-refractivity contribution in [1.82, 2.24) is 4.90 Å². The largest absolute Gasteiger partial charge is 0.489 e. The molecular formula is C25H24Br2N2O4. The highest BCUT2D eigenvalue weighted by atomic mass is 79.9. The molecule has 2 saturated carbocycles. The Morgan fingerprint density at radius 1 is 1.00 bits per heavy atom. The molecule has 8 heteroatoms. The number of hydrogen-bond acceptors (Lipinski definition) is 4. The zero-order chi connectivity index (χ0) is 23.3. The maximum atomic E-state index is 13.1. The van der Waals surface area contributed by atoms with Crippen molar-refractivity contribution in [3.05, 3.63) is 60.2 Å². The summed E-state index contributed by atoms with van der Waals surface area (Å²) in [5, 5.41) is 2.82. The molecule has 0 spiro atoms. The summed E-state index contributed by atoms with van der Waals surface area (Å²) >= 11 is 7.37. The molecule has 5 rings (SSSR count). The number of nitrogens with zero attached hydrogens (tertiary/aromatic N) is 1. The number of halogens is 2. The molecule has 1 N–H and O–H groups in total. The molecule has 33 heavy (non-hydrogen) atoms. The molecule has 7 atom stereocenters. The first-order valence-corrected chi connectivity index (χ1v) is 12.9. The fraction of sp³-hybridized carbons (Fsp3) is 0.400. The van der Waals surface area contributed by atoms with E-state index in [1.807, 2.05) is 30.3 Å². The van der Waals surface area contributed by atoms with E-state index in [1.54, 1.807) is 31.2 Å². The minimum atomic E-state index is -0.869. The number of nitrogens with one attached hydrogen (secondary N) is 1. The van der Waals surface area contributed by atoms with E-state index in [0.717, 1.165) is 12.0 Å². The fourth-order valence-corrected chi connectivity index (χ4v) is 7.37. The van der Waals surface area contributed by atoms with E-state index in [0.29, 0.717) is 18.0 Å². The number of likely N-dealkylation sites (tertiary alicyclic amines) is 1. The van der Waals surface area contributed by atoms with Crippen LogP contribution < -0.4 is 10.1 Å². The summed E-state index contributed by atoms with van der Waals surface area (Å²) < 4.78 is 5.78. The van der Waals surface area contributed by atoms with E-state index in [1.165, 1.54) is 4.90 Å². The first-order valence-electron chi connectivity index (χ1n) is 11.1. The zero-order valence-electron chi connectivity index (χ0n) is 18.0. The number of anilines is 1.